The van der Waals surface area contributed by atoms with E-state index in [0.29, 0.717) is 12.8 Å². The molecular weight excluding hydrogens is 214 g/mol. The van der Waals surface area contributed by atoms with Crippen molar-refractivity contribution < 1.29 is 13.2 Å². The molecule has 5 heteroatoms. The van der Waals surface area contributed by atoms with Gasteiger partial charge in [0.05, 0.1) is 17.0 Å². The van der Waals surface area contributed by atoms with Crippen LogP contribution in [0.4, 0.5) is 0 Å². The molecule has 1 rings (SSSR count). The monoisotopic (exact) mass is 233 g/mol. The summed E-state index contributed by atoms with van der Waals surface area (Å²) in [6, 6.07) is 0.203. The van der Waals surface area contributed by atoms with Gasteiger partial charge in [-0.25, -0.2) is 8.42 Å². The Kier molecular flexibility index (Phi) is 3.55. The molecule has 0 unspecified atom stereocenters. The molecule has 1 saturated heterocycles. The van der Waals surface area contributed by atoms with E-state index >= 15 is 0 Å². The number of rotatable bonds is 3. The SMILES string of the molecule is CN(C1CCS(=O)(=O)CC1)C(C)(C)C=O. The van der Waals surface area contributed by atoms with Gasteiger partial charge in [0.1, 0.15) is 16.1 Å². The van der Waals surface area contributed by atoms with Crippen molar-refractivity contribution in [2.24, 2.45) is 0 Å². The van der Waals surface area contributed by atoms with Crippen LogP contribution < -0.4 is 0 Å². The van der Waals surface area contributed by atoms with Crippen LogP contribution in [0, 0.1) is 0 Å². The van der Waals surface area contributed by atoms with Gasteiger partial charge < -0.3 is 4.79 Å². The molecule has 0 bridgehead atoms. The largest absolute Gasteiger partial charge is 0.301 e. The molecule has 1 heterocycles. The second kappa shape index (κ2) is 4.22. The maximum absolute atomic E-state index is 11.2. The summed E-state index contributed by atoms with van der Waals surface area (Å²) in [7, 11) is -0.930. The first-order valence-electron chi connectivity index (χ1n) is 5.18. The fraction of sp³-hybridized carbons (Fsp3) is 0.900. The lowest BCUT2D eigenvalue weighted by Crippen LogP contribution is -2.51. The lowest BCUT2D eigenvalue weighted by atomic mass is 10.0. The molecule has 1 aliphatic rings. The molecule has 0 aromatic carbocycles. The average Bonchev–Trinajstić information content (AvgIpc) is 2.17. The Hall–Kier alpha value is -0.420. The normalized spacial score (nSPS) is 22.9. The first-order valence-corrected chi connectivity index (χ1v) is 7.00. The summed E-state index contributed by atoms with van der Waals surface area (Å²) in [5.74, 6) is 0.494. The van der Waals surface area contributed by atoms with E-state index < -0.39 is 15.4 Å². The minimum atomic E-state index is -2.82. The van der Waals surface area contributed by atoms with Crippen LogP contribution in [0.3, 0.4) is 0 Å². The Morgan fingerprint density at radius 1 is 1.27 bits per heavy atom. The van der Waals surface area contributed by atoms with Crippen LogP contribution in [0.2, 0.25) is 0 Å². The molecule has 0 saturated carbocycles. The molecule has 4 nitrogen and oxygen atoms in total. The average molecular weight is 233 g/mol. The first-order chi connectivity index (χ1) is 6.78. The van der Waals surface area contributed by atoms with Crippen molar-refractivity contribution >= 4 is 16.1 Å². The third-order valence-corrected chi connectivity index (χ3v) is 4.98. The van der Waals surface area contributed by atoms with Crippen molar-refractivity contribution in [3.63, 3.8) is 0 Å². The topological polar surface area (TPSA) is 54.5 Å². The third-order valence-electron chi connectivity index (χ3n) is 3.27. The zero-order valence-corrected chi connectivity index (χ0v) is 10.4. The van der Waals surface area contributed by atoms with E-state index in [2.05, 4.69) is 0 Å². The van der Waals surface area contributed by atoms with E-state index in [1.54, 1.807) is 0 Å². The van der Waals surface area contributed by atoms with Crippen LogP contribution in [-0.2, 0) is 14.6 Å². The maximum atomic E-state index is 11.2. The molecule has 0 N–H and O–H groups in total. The Morgan fingerprint density at radius 2 is 1.73 bits per heavy atom. The molecule has 0 aliphatic carbocycles. The van der Waals surface area contributed by atoms with Gasteiger partial charge in [0.25, 0.3) is 0 Å². The van der Waals surface area contributed by atoms with Gasteiger partial charge in [-0.1, -0.05) is 0 Å². The highest BCUT2D eigenvalue weighted by Crippen LogP contribution is 2.22. The molecular formula is C10H19NO3S. The quantitative estimate of drug-likeness (QED) is 0.665. The molecule has 88 valence electrons. The minimum Gasteiger partial charge on any atom is -0.301 e. The van der Waals surface area contributed by atoms with Crippen molar-refractivity contribution in [2.45, 2.75) is 38.3 Å². The standard InChI is InChI=1S/C10H19NO3S/c1-10(2,8-12)11(3)9-4-6-15(13,14)7-5-9/h8-9H,4-7H2,1-3H3. The van der Waals surface area contributed by atoms with E-state index in [0.717, 1.165) is 6.29 Å². The van der Waals surface area contributed by atoms with Gasteiger partial charge in [0.15, 0.2) is 0 Å². The zero-order chi connectivity index (χ0) is 11.7. The van der Waals surface area contributed by atoms with E-state index in [9.17, 15) is 13.2 Å². The van der Waals surface area contributed by atoms with Gasteiger partial charge in [0.2, 0.25) is 0 Å². The molecule has 0 radical (unpaired) electrons. The Balaban J connectivity index is 2.65. The van der Waals surface area contributed by atoms with Crippen molar-refractivity contribution in [3.8, 4) is 0 Å². The van der Waals surface area contributed by atoms with Crippen molar-refractivity contribution in [3.05, 3.63) is 0 Å². The highest BCUT2D eigenvalue weighted by Gasteiger charge is 2.33. The fourth-order valence-corrected chi connectivity index (χ4v) is 3.29. The summed E-state index contributed by atoms with van der Waals surface area (Å²) in [4.78, 5) is 12.9. The van der Waals surface area contributed by atoms with Crippen LogP contribution in [0.5, 0.6) is 0 Å². The first kappa shape index (κ1) is 12.6. The summed E-state index contributed by atoms with van der Waals surface area (Å²) in [5, 5.41) is 0. The summed E-state index contributed by atoms with van der Waals surface area (Å²) >= 11 is 0. The van der Waals surface area contributed by atoms with E-state index in [4.69, 9.17) is 0 Å². The highest BCUT2D eigenvalue weighted by molar-refractivity contribution is 7.91. The van der Waals surface area contributed by atoms with E-state index in [1.807, 2.05) is 25.8 Å². The number of likely N-dealkylation sites (N-methyl/N-ethyl adjacent to an activating group) is 1. The molecule has 1 fully saturated rings. The summed E-state index contributed by atoms with van der Waals surface area (Å²) < 4.78 is 22.5. The highest BCUT2D eigenvalue weighted by atomic mass is 32.2. The molecule has 0 atom stereocenters. The van der Waals surface area contributed by atoms with Gasteiger partial charge in [-0.05, 0) is 33.7 Å². The summed E-state index contributed by atoms with van der Waals surface area (Å²) in [6.07, 6.45) is 2.18. The second-order valence-corrected chi connectivity index (χ2v) is 7.07. The van der Waals surface area contributed by atoms with Gasteiger partial charge >= 0.3 is 0 Å². The van der Waals surface area contributed by atoms with Gasteiger partial charge in [-0.2, -0.15) is 0 Å². The Bertz CT molecular complexity index is 321. The zero-order valence-electron chi connectivity index (χ0n) is 9.56. The second-order valence-electron chi connectivity index (χ2n) is 4.77. The number of carbonyl (C=O) groups is 1. The predicted octanol–water partition coefficient (Wildman–Crippen LogP) is 0.473. The minimum absolute atomic E-state index is 0.203. The smallest absolute Gasteiger partial charge is 0.150 e. The molecule has 0 amide bonds. The van der Waals surface area contributed by atoms with Crippen LogP contribution in [0.15, 0.2) is 0 Å². The van der Waals surface area contributed by atoms with Crippen molar-refractivity contribution in [2.75, 3.05) is 18.6 Å². The lowest BCUT2D eigenvalue weighted by Gasteiger charge is -2.39. The Morgan fingerprint density at radius 3 is 2.13 bits per heavy atom. The maximum Gasteiger partial charge on any atom is 0.150 e. The lowest BCUT2D eigenvalue weighted by molar-refractivity contribution is -0.117. The van der Waals surface area contributed by atoms with Crippen LogP contribution >= 0.6 is 0 Å². The third kappa shape index (κ3) is 3.01. The van der Waals surface area contributed by atoms with E-state index in [-0.39, 0.29) is 17.5 Å². The number of hydrogen-bond donors (Lipinski definition) is 0. The number of aldehydes is 1. The number of hydrogen-bond acceptors (Lipinski definition) is 4. The van der Waals surface area contributed by atoms with Crippen LogP contribution in [0.25, 0.3) is 0 Å². The van der Waals surface area contributed by atoms with Crippen LogP contribution in [-0.4, -0.2) is 49.7 Å². The molecule has 1 aliphatic heterocycles. The van der Waals surface area contributed by atoms with Gasteiger partial charge in [0, 0.05) is 6.04 Å². The molecule has 0 aromatic heterocycles. The number of nitrogens with zero attached hydrogens (tertiary/aromatic N) is 1. The van der Waals surface area contributed by atoms with Crippen LogP contribution in [0.1, 0.15) is 26.7 Å². The fourth-order valence-electron chi connectivity index (χ4n) is 1.82. The Labute approximate surface area is 91.6 Å². The molecule has 15 heavy (non-hydrogen) atoms. The predicted molar refractivity (Wildman–Crippen MR) is 59.6 cm³/mol. The summed E-state index contributed by atoms with van der Waals surface area (Å²) in [5.41, 5.74) is -0.508. The molecule has 0 aromatic rings. The molecule has 0 spiro atoms. The summed E-state index contributed by atoms with van der Waals surface area (Å²) in [6.45, 7) is 3.70. The number of sulfone groups is 1. The van der Waals surface area contributed by atoms with Crippen molar-refractivity contribution in [1.29, 1.82) is 0 Å². The van der Waals surface area contributed by atoms with Gasteiger partial charge in [-0.3, -0.25) is 4.90 Å². The van der Waals surface area contributed by atoms with Gasteiger partial charge in [-0.15, -0.1) is 0 Å². The number of carbonyl (C=O) groups excluding carboxylic acids is 1. The van der Waals surface area contributed by atoms with E-state index in [1.165, 1.54) is 0 Å². The van der Waals surface area contributed by atoms with Crippen molar-refractivity contribution in [1.82, 2.24) is 4.90 Å².